The molecule has 1 fully saturated rings. The van der Waals surface area contributed by atoms with Crippen LogP contribution >= 0.6 is 0 Å². The fourth-order valence-corrected chi connectivity index (χ4v) is 2.66. The molecular weight excluding hydrogens is 297 g/mol. The number of anilines is 1. The minimum absolute atomic E-state index is 0.116. The molecule has 2 heterocycles. The van der Waals surface area contributed by atoms with Gasteiger partial charge in [0.15, 0.2) is 0 Å². The highest BCUT2D eigenvalue weighted by Crippen LogP contribution is 2.27. The number of pyridine rings is 1. The zero-order chi connectivity index (χ0) is 16.1. The first-order chi connectivity index (χ1) is 11.2. The fraction of sp³-hybridized carbons (Fsp3) is 0.294. The van der Waals surface area contributed by atoms with E-state index in [1.807, 2.05) is 0 Å². The molecule has 120 valence electrons. The lowest BCUT2D eigenvalue weighted by atomic mass is 9.99. The number of aromatic nitrogens is 1. The summed E-state index contributed by atoms with van der Waals surface area (Å²) in [4.78, 5) is 16.3. The normalized spacial score (nSPS) is 18.4. The number of amides is 2. The Bertz CT molecular complexity index is 643. The number of carbonyl (C=O) groups is 1. The molecule has 2 aromatic rings. The maximum Gasteiger partial charge on any atom is 0.320 e. The zero-order valence-corrected chi connectivity index (χ0v) is 12.5. The predicted molar refractivity (Wildman–Crippen MR) is 84.5 cm³/mol. The van der Waals surface area contributed by atoms with E-state index in [0.717, 1.165) is 18.4 Å². The Morgan fingerprint density at radius 1 is 1.26 bits per heavy atom. The summed E-state index contributed by atoms with van der Waals surface area (Å²) >= 11 is 0. The number of ether oxygens (including phenoxy) is 1. The van der Waals surface area contributed by atoms with Crippen LogP contribution in [0.15, 0.2) is 48.7 Å². The first kappa shape index (κ1) is 15.4. The van der Waals surface area contributed by atoms with E-state index in [2.05, 4.69) is 15.6 Å². The minimum Gasteiger partial charge on any atom is -0.376 e. The topological polar surface area (TPSA) is 63.2 Å². The highest BCUT2D eigenvalue weighted by Gasteiger charge is 2.28. The Kier molecular flexibility index (Phi) is 4.83. The van der Waals surface area contributed by atoms with Crippen LogP contribution in [0, 0.1) is 5.82 Å². The monoisotopic (exact) mass is 315 g/mol. The third-order valence-electron chi connectivity index (χ3n) is 3.76. The predicted octanol–water partition coefficient (Wildman–Crippen LogP) is 3.26. The molecular formula is C17H18FN3O2. The van der Waals surface area contributed by atoms with Crippen LogP contribution in [0.25, 0.3) is 0 Å². The molecule has 0 aliphatic carbocycles. The van der Waals surface area contributed by atoms with Crippen molar-refractivity contribution in [3.8, 4) is 0 Å². The zero-order valence-electron chi connectivity index (χ0n) is 12.5. The molecule has 5 nitrogen and oxygen atoms in total. The lowest BCUT2D eigenvalue weighted by Crippen LogP contribution is -2.38. The van der Waals surface area contributed by atoms with Crippen LogP contribution in [0.5, 0.6) is 0 Å². The average Bonchev–Trinajstić information content (AvgIpc) is 3.09. The van der Waals surface area contributed by atoms with Gasteiger partial charge < -0.3 is 10.1 Å². The molecule has 2 atom stereocenters. The van der Waals surface area contributed by atoms with Crippen molar-refractivity contribution in [2.24, 2.45) is 0 Å². The number of nitrogens with zero attached hydrogens (tertiary/aromatic N) is 1. The molecule has 0 bridgehead atoms. The molecule has 1 aromatic heterocycles. The maximum absolute atomic E-state index is 13.1. The molecule has 2 N–H and O–H groups in total. The molecule has 1 aliphatic heterocycles. The Morgan fingerprint density at radius 3 is 2.74 bits per heavy atom. The van der Waals surface area contributed by atoms with Crippen molar-refractivity contribution in [1.29, 1.82) is 0 Å². The van der Waals surface area contributed by atoms with Crippen molar-refractivity contribution < 1.29 is 13.9 Å². The Balaban J connectivity index is 1.73. The first-order valence-electron chi connectivity index (χ1n) is 7.58. The largest absolute Gasteiger partial charge is 0.376 e. The summed E-state index contributed by atoms with van der Waals surface area (Å²) < 4.78 is 18.8. The van der Waals surface area contributed by atoms with E-state index in [4.69, 9.17) is 4.74 Å². The van der Waals surface area contributed by atoms with E-state index in [1.54, 1.807) is 36.5 Å². The Labute approximate surface area is 133 Å². The molecule has 23 heavy (non-hydrogen) atoms. The first-order valence-corrected chi connectivity index (χ1v) is 7.58. The summed E-state index contributed by atoms with van der Waals surface area (Å²) in [5.74, 6) is 0.160. The summed E-state index contributed by atoms with van der Waals surface area (Å²) in [6.07, 6.45) is 3.29. The van der Waals surface area contributed by atoms with Crippen LogP contribution in [-0.4, -0.2) is 23.7 Å². The third kappa shape index (κ3) is 4.04. The number of hydrogen-bond donors (Lipinski definition) is 2. The number of carbonyl (C=O) groups excluding carboxylic acids is 1. The van der Waals surface area contributed by atoms with Gasteiger partial charge in [0.25, 0.3) is 0 Å². The Hall–Kier alpha value is -2.47. The second-order valence-electron chi connectivity index (χ2n) is 5.39. The van der Waals surface area contributed by atoms with Gasteiger partial charge in [0.2, 0.25) is 0 Å². The van der Waals surface area contributed by atoms with Crippen LogP contribution < -0.4 is 10.6 Å². The maximum atomic E-state index is 13.1. The van der Waals surface area contributed by atoms with Crippen molar-refractivity contribution in [2.45, 2.75) is 25.0 Å². The second kappa shape index (κ2) is 7.19. The molecule has 0 saturated carbocycles. The van der Waals surface area contributed by atoms with Gasteiger partial charge in [-0.25, -0.2) is 14.2 Å². The van der Waals surface area contributed by atoms with E-state index in [1.165, 1.54) is 12.1 Å². The number of rotatable bonds is 4. The second-order valence-corrected chi connectivity index (χ2v) is 5.39. The minimum atomic E-state index is -0.367. The van der Waals surface area contributed by atoms with E-state index < -0.39 is 0 Å². The van der Waals surface area contributed by atoms with E-state index in [0.29, 0.717) is 12.4 Å². The summed E-state index contributed by atoms with van der Waals surface area (Å²) in [7, 11) is 0. The van der Waals surface area contributed by atoms with Crippen molar-refractivity contribution in [2.75, 3.05) is 11.9 Å². The van der Waals surface area contributed by atoms with Crippen LogP contribution in [-0.2, 0) is 4.74 Å². The van der Waals surface area contributed by atoms with Crippen molar-refractivity contribution in [3.63, 3.8) is 0 Å². The van der Waals surface area contributed by atoms with Crippen molar-refractivity contribution >= 4 is 11.8 Å². The van der Waals surface area contributed by atoms with Gasteiger partial charge in [-0.05, 0) is 42.7 Å². The van der Waals surface area contributed by atoms with Gasteiger partial charge >= 0.3 is 6.03 Å². The van der Waals surface area contributed by atoms with Gasteiger partial charge in [0.1, 0.15) is 11.6 Å². The molecule has 6 heteroatoms. The molecule has 0 unspecified atom stereocenters. The van der Waals surface area contributed by atoms with Crippen LogP contribution in [0.2, 0.25) is 0 Å². The SMILES string of the molecule is O=C(Nc1ccccn1)N[C@@H](c1ccc(F)cc1)[C@H]1CCCO1. The number of benzene rings is 1. The van der Waals surface area contributed by atoms with E-state index in [-0.39, 0.29) is 24.0 Å². The van der Waals surface area contributed by atoms with Crippen LogP contribution in [0.4, 0.5) is 15.0 Å². The molecule has 2 amide bonds. The molecule has 0 radical (unpaired) electrons. The van der Waals surface area contributed by atoms with E-state index in [9.17, 15) is 9.18 Å². The molecule has 3 rings (SSSR count). The van der Waals surface area contributed by atoms with Crippen LogP contribution in [0.1, 0.15) is 24.4 Å². The number of halogens is 1. The summed E-state index contributed by atoms with van der Waals surface area (Å²) in [5, 5.41) is 5.59. The Morgan fingerprint density at radius 2 is 2.09 bits per heavy atom. The van der Waals surface area contributed by atoms with Gasteiger partial charge in [-0.15, -0.1) is 0 Å². The van der Waals surface area contributed by atoms with Gasteiger partial charge in [-0.2, -0.15) is 0 Å². The molecule has 1 saturated heterocycles. The number of hydrogen-bond acceptors (Lipinski definition) is 3. The molecule has 1 aliphatic rings. The molecule has 0 spiro atoms. The highest BCUT2D eigenvalue weighted by atomic mass is 19.1. The number of nitrogens with one attached hydrogen (secondary N) is 2. The standard InChI is InChI=1S/C17H18FN3O2/c18-13-8-6-12(7-9-13)16(14-4-3-11-23-14)21-17(22)20-15-5-1-2-10-19-15/h1-2,5-10,14,16H,3-4,11H2,(H2,19,20,21,22)/t14-,16+/m1/s1. The van der Waals surface area contributed by atoms with Crippen molar-refractivity contribution in [1.82, 2.24) is 10.3 Å². The average molecular weight is 315 g/mol. The summed E-state index contributed by atoms with van der Waals surface area (Å²) in [6.45, 7) is 0.673. The van der Waals surface area contributed by atoms with Gasteiger partial charge in [0.05, 0.1) is 12.1 Å². The summed E-state index contributed by atoms with van der Waals surface area (Å²) in [5.41, 5.74) is 0.814. The van der Waals surface area contributed by atoms with Gasteiger partial charge in [-0.3, -0.25) is 5.32 Å². The molecule has 1 aromatic carbocycles. The third-order valence-corrected chi connectivity index (χ3v) is 3.76. The lowest BCUT2D eigenvalue weighted by Gasteiger charge is -2.24. The fourth-order valence-electron chi connectivity index (χ4n) is 2.66. The smallest absolute Gasteiger partial charge is 0.320 e. The van der Waals surface area contributed by atoms with Crippen molar-refractivity contribution in [3.05, 3.63) is 60.0 Å². The van der Waals surface area contributed by atoms with Gasteiger partial charge in [-0.1, -0.05) is 18.2 Å². The summed E-state index contributed by atoms with van der Waals surface area (Å²) in [6, 6.07) is 10.7. The van der Waals surface area contributed by atoms with Crippen LogP contribution in [0.3, 0.4) is 0 Å². The van der Waals surface area contributed by atoms with E-state index >= 15 is 0 Å². The number of urea groups is 1. The highest BCUT2D eigenvalue weighted by molar-refractivity contribution is 5.88. The lowest BCUT2D eigenvalue weighted by molar-refractivity contribution is 0.0815. The van der Waals surface area contributed by atoms with Gasteiger partial charge in [0, 0.05) is 12.8 Å². The quantitative estimate of drug-likeness (QED) is 0.910.